The van der Waals surface area contributed by atoms with Crippen LogP contribution in [0.25, 0.3) is 0 Å². The van der Waals surface area contributed by atoms with Crippen molar-refractivity contribution < 1.29 is 14.3 Å². The zero-order chi connectivity index (χ0) is 11.4. The second-order valence-corrected chi connectivity index (χ2v) is 3.61. The number of rotatable bonds is 4. The van der Waals surface area contributed by atoms with E-state index in [0.717, 1.165) is 0 Å². The van der Waals surface area contributed by atoms with Crippen molar-refractivity contribution in [3.05, 3.63) is 18.0 Å². The number of nitrogens with two attached hydrogens (primary N) is 1. The van der Waals surface area contributed by atoms with Crippen LogP contribution in [0.15, 0.2) is 12.3 Å². The van der Waals surface area contributed by atoms with E-state index in [9.17, 15) is 4.79 Å². The van der Waals surface area contributed by atoms with Crippen molar-refractivity contribution in [2.45, 2.75) is 4.83 Å². The van der Waals surface area contributed by atoms with Gasteiger partial charge < -0.3 is 15.2 Å². The van der Waals surface area contributed by atoms with E-state index < -0.39 is 10.7 Å². The third-order valence-corrected chi connectivity index (χ3v) is 2.69. The first-order valence-corrected chi connectivity index (χ1v) is 5.03. The predicted octanol–water partition coefficient (Wildman–Crippen LogP) is 1.02. The SMILES string of the molecule is COc1ccnc(C(Br)C(N)=O)c1OC. The Hall–Kier alpha value is -1.30. The summed E-state index contributed by atoms with van der Waals surface area (Å²) < 4.78 is 10.2. The third kappa shape index (κ3) is 2.38. The Morgan fingerprint density at radius 1 is 1.53 bits per heavy atom. The molecule has 0 aliphatic heterocycles. The van der Waals surface area contributed by atoms with Crippen LogP contribution in [0.1, 0.15) is 10.5 Å². The molecule has 5 nitrogen and oxygen atoms in total. The molecule has 6 heteroatoms. The Labute approximate surface area is 95.7 Å². The number of carbonyl (C=O) groups excluding carboxylic acids is 1. The van der Waals surface area contributed by atoms with Crippen LogP contribution in [0, 0.1) is 0 Å². The highest BCUT2D eigenvalue weighted by atomic mass is 79.9. The molecule has 15 heavy (non-hydrogen) atoms. The zero-order valence-electron chi connectivity index (χ0n) is 8.36. The van der Waals surface area contributed by atoms with Crippen LogP contribution >= 0.6 is 15.9 Å². The summed E-state index contributed by atoms with van der Waals surface area (Å²) in [5, 5.41) is 0. The average Bonchev–Trinajstić information content (AvgIpc) is 2.26. The van der Waals surface area contributed by atoms with Crippen molar-refractivity contribution in [3.63, 3.8) is 0 Å². The number of hydrogen-bond donors (Lipinski definition) is 1. The van der Waals surface area contributed by atoms with Crippen molar-refractivity contribution in [2.24, 2.45) is 5.73 Å². The molecule has 1 aromatic heterocycles. The van der Waals surface area contributed by atoms with Gasteiger partial charge in [0.2, 0.25) is 5.91 Å². The summed E-state index contributed by atoms with van der Waals surface area (Å²) in [6.45, 7) is 0. The minimum absolute atomic E-state index is 0.403. The first-order chi connectivity index (χ1) is 7.11. The van der Waals surface area contributed by atoms with Crippen LogP contribution in [-0.2, 0) is 4.79 Å². The maximum atomic E-state index is 11.0. The molecule has 0 aliphatic rings. The Balaban J connectivity index is 3.22. The van der Waals surface area contributed by atoms with Gasteiger partial charge in [-0.15, -0.1) is 0 Å². The molecule has 1 atom stereocenters. The van der Waals surface area contributed by atoms with Gasteiger partial charge in [0.15, 0.2) is 11.5 Å². The number of aromatic nitrogens is 1. The molecule has 0 fully saturated rings. The number of pyridine rings is 1. The number of alkyl halides is 1. The topological polar surface area (TPSA) is 74.4 Å². The van der Waals surface area contributed by atoms with E-state index >= 15 is 0 Å². The van der Waals surface area contributed by atoms with Gasteiger partial charge in [0.05, 0.1) is 14.2 Å². The van der Waals surface area contributed by atoms with E-state index in [4.69, 9.17) is 15.2 Å². The molecule has 1 aromatic rings. The van der Waals surface area contributed by atoms with Crippen LogP contribution in [0.2, 0.25) is 0 Å². The standard InChI is InChI=1S/C9H11BrN2O3/c1-14-5-3-4-12-7(8(5)15-2)6(10)9(11)13/h3-4,6H,1-2H3,(H2,11,13). The summed E-state index contributed by atoms with van der Waals surface area (Å²) in [6, 6.07) is 1.64. The zero-order valence-corrected chi connectivity index (χ0v) is 9.95. The summed E-state index contributed by atoms with van der Waals surface area (Å²) in [5.41, 5.74) is 5.57. The van der Waals surface area contributed by atoms with Crippen LogP contribution < -0.4 is 15.2 Å². The predicted molar refractivity (Wildman–Crippen MR) is 58.2 cm³/mol. The van der Waals surface area contributed by atoms with Crippen molar-refractivity contribution >= 4 is 21.8 Å². The molecule has 0 spiro atoms. The van der Waals surface area contributed by atoms with Gasteiger partial charge in [-0.3, -0.25) is 9.78 Å². The lowest BCUT2D eigenvalue weighted by atomic mass is 10.2. The fourth-order valence-corrected chi connectivity index (χ4v) is 1.45. The first-order valence-electron chi connectivity index (χ1n) is 4.12. The lowest BCUT2D eigenvalue weighted by Crippen LogP contribution is -2.18. The largest absolute Gasteiger partial charge is 0.493 e. The number of halogens is 1. The van der Waals surface area contributed by atoms with E-state index in [1.807, 2.05) is 0 Å². The number of amides is 1. The van der Waals surface area contributed by atoms with Gasteiger partial charge >= 0.3 is 0 Å². The quantitative estimate of drug-likeness (QED) is 0.832. The minimum atomic E-state index is -0.692. The molecule has 0 bridgehead atoms. The maximum Gasteiger partial charge on any atom is 0.237 e. The second-order valence-electron chi connectivity index (χ2n) is 2.70. The number of ether oxygens (including phenoxy) is 2. The maximum absolute atomic E-state index is 11.0. The normalized spacial score (nSPS) is 11.9. The van der Waals surface area contributed by atoms with Gasteiger partial charge in [-0.05, 0) is 0 Å². The average molecular weight is 275 g/mol. The molecule has 82 valence electrons. The molecule has 0 radical (unpaired) electrons. The van der Waals surface area contributed by atoms with Gasteiger partial charge in [0.1, 0.15) is 10.5 Å². The molecular formula is C9H11BrN2O3. The van der Waals surface area contributed by atoms with E-state index in [1.165, 1.54) is 20.4 Å². The van der Waals surface area contributed by atoms with Gasteiger partial charge in [0.25, 0.3) is 0 Å². The Morgan fingerprint density at radius 3 is 2.67 bits per heavy atom. The van der Waals surface area contributed by atoms with Gasteiger partial charge in [-0.25, -0.2) is 0 Å². The summed E-state index contributed by atoms with van der Waals surface area (Å²) in [6.07, 6.45) is 1.52. The van der Waals surface area contributed by atoms with E-state index in [1.54, 1.807) is 6.07 Å². The molecule has 1 unspecified atom stereocenters. The molecular weight excluding hydrogens is 264 g/mol. The smallest absolute Gasteiger partial charge is 0.237 e. The Kier molecular flexibility index (Phi) is 3.90. The first kappa shape index (κ1) is 11.8. The Bertz CT molecular complexity index is 370. The van der Waals surface area contributed by atoms with Crippen LogP contribution in [0.4, 0.5) is 0 Å². The minimum Gasteiger partial charge on any atom is -0.493 e. The fourth-order valence-electron chi connectivity index (χ4n) is 1.13. The third-order valence-electron chi connectivity index (χ3n) is 1.81. The lowest BCUT2D eigenvalue weighted by Gasteiger charge is -2.13. The van der Waals surface area contributed by atoms with Crippen molar-refractivity contribution in [1.29, 1.82) is 0 Å². The highest BCUT2D eigenvalue weighted by Gasteiger charge is 2.22. The molecule has 0 saturated carbocycles. The number of hydrogen-bond acceptors (Lipinski definition) is 4. The number of nitrogens with zero attached hydrogens (tertiary/aromatic N) is 1. The van der Waals surface area contributed by atoms with E-state index in [2.05, 4.69) is 20.9 Å². The van der Waals surface area contributed by atoms with Crippen LogP contribution in [0.5, 0.6) is 11.5 Å². The highest BCUT2D eigenvalue weighted by molar-refractivity contribution is 9.09. The molecule has 2 N–H and O–H groups in total. The second kappa shape index (κ2) is 4.97. The number of methoxy groups -OCH3 is 2. The van der Waals surface area contributed by atoms with Crippen molar-refractivity contribution in [3.8, 4) is 11.5 Å². The van der Waals surface area contributed by atoms with Gasteiger partial charge in [0, 0.05) is 12.3 Å². The van der Waals surface area contributed by atoms with Crippen molar-refractivity contribution in [2.75, 3.05) is 14.2 Å². The number of primary amides is 1. The lowest BCUT2D eigenvalue weighted by molar-refractivity contribution is -0.117. The van der Waals surface area contributed by atoms with Gasteiger partial charge in [-0.2, -0.15) is 0 Å². The van der Waals surface area contributed by atoms with Crippen LogP contribution in [-0.4, -0.2) is 25.1 Å². The molecule has 0 saturated heterocycles. The summed E-state index contributed by atoms with van der Waals surface area (Å²) >= 11 is 3.13. The van der Waals surface area contributed by atoms with E-state index in [-0.39, 0.29) is 0 Å². The number of carbonyl (C=O) groups is 1. The van der Waals surface area contributed by atoms with Gasteiger partial charge in [-0.1, -0.05) is 15.9 Å². The molecule has 1 rings (SSSR count). The molecule has 1 heterocycles. The molecule has 1 amide bonds. The van der Waals surface area contributed by atoms with Crippen LogP contribution in [0.3, 0.4) is 0 Å². The highest BCUT2D eigenvalue weighted by Crippen LogP contribution is 2.35. The van der Waals surface area contributed by atoms with E-state index in [0.29, 0.717) is 17.2 Å². The molecule has 0 aromatic carbocycles. The van der Waals surface area contributed by atoms with Crippen molar-refractivity contribution in [1.82, 2.24) is 4.98 Å². The monoisotopic (exact) mass is 274 g/mol. The summed E-state index contributed by atoms with van der Waals surface area (Å²) in [5.74, 6) is 0.378. The summed E-state index contributed by atoms with van der Waals surface area (Å²) in [7, 11) is 2.99. The Morgan fingerprint density at radius 2 is 2.20 bits per heavy atom. The summed E-state index contributed by atoms with van der Waals surface area (Å²) in [4.78, 5) is 14.3. The fraction of sp³-hybridized carbons (Fsp3) is 0.333. The molecule has 0 aliphatic carbocycles.